The van der Waals surface area contributed by atoms with Crippen molar-refractivity contribution < 1.29 is 14.3 Å². The summed E-state index contributed by atoms with van der Waals surface area (Å²) in [6, 6.07) is 13.0. The largest absolute Gasteiger partial charge is 0.495 e. The monoisotopic (exact) mass is 379 g/mol. The molecule has 4 rings (SSSR count). The summed E-state index contributed by atoms with van der Waals surface area (Å²) >= 11 is 0. The molecule has 1 aliphatic heterocycles. The van der Waals surface area contributed by atoms with Crippen molar-refractivity contribution in [1.29, 1.82) is 0 Å². The average Bonchev–Trinajstić information content (AvgIpc) is 3.31. The maximum atomic E-state index is 12.6. The third-order valence-electron chi connectivity index (χ3n) is 4.90. The number of rotatable bonds is 6. The van der Waals surface area contributed by atoms with Gasteiger partial charge in [0.05, 0.1) is 18.7 Å². The molecule has 1 atom stereocenters. The van der Waals surface area contributed by atoms with Crippen LogP contribution in [0.15, 0.2) is 48.7 Å². The number of carbonyl (C=O) groups is 2. The topological polar surface area (TPSA) is 88.8 Å². The summed E-state index contributed by atoms with van der Waals surface area (Å²) in [5, 5.41) is 11.2. The fraction of sp³-hybridized carbons (Fsp3) is 0.300. The molecular weight excluding hydrogens is 358 g/mol. The van der Waals surface area contributed by atoms with Crippen LogP contribution in [0.25, 0.3) is 5.65 Å². The zero-order valence-electron chi connectivity index (χ0n) is 15.5. The lowest BCUT2D eigenvalue weighted by Gasteiger charge is -2.19. The van der Waals surface area contributed by atoms with Crippen molar-refractivity contribution in [3.8, 4) is 5.75 Å². The molecule has 8 heteroatoms. The van der Waals surface area contributed by atoms with Crippen molar-refractivity contribution in [2.45, 2.75) is 12.8 Å². The van der Waals surface area contributed by atoms with Crippen LogP contribution in [0.3, 0.4) is 0 Å². The van der Waals surface area contributed by atoms with Gasteiger partial charge in [-0.15, -0.1) is 10.2 Å². The Morgan fingerprint density at radius 1 is 1.21 bits per heavy atom. The van der Waals surface area contributed by atoms with E-state index < -0.39 is 0 Å². The van der Waals surface area contributed by atoms with Crippen molar-refractivity contribution in [3.63, 3.8) is 0 Å². The normalized spacial score (nSPS) is 16.5. The van der Waals surface area contributed by atoms with E-state index in [4.69, 9.17) is 4.74 Å². The molecule has 0 aliphatic carbocycles. The number of anilines is 1. The number of methoxy groups -OCH3 is 1. The van der Waals surface area contributed by atoms with Gasteiger partial charge in [-0.1, -0.05) is 18.2 Å². The Morgan fingerprint density at radius 3 is 2.89 bits per heavy atom. The highest BCUT2D eigenvalue weighted by Gasteiger charge is 2.36. The van der Waals surface area contributed by atoms with E-state index in [9.17, 15) is 9.59 Å². The summed E-state index contributed by atoms with van der Waals surface area (Å²) < 4.78 is 7.23. The molecule has 1 fully saturated rings. The predicted molar refractivity (Wildman–Crippen MR) is 103 cm³/mol. The predicted octanol–water partition coefficient (Wildman–Crippen LogP) is 1.45. The number of fused-ring (bicyclic) bond motifs is 1. The minimum atomic E-state index is -0.382. The van der Waals surface area contributed by atoms with Gasteiger partial charge in [0.2, 0.25) is 11.8 Å². The molecule has 2 aromatic heterocycles. The number of carbonyl (C=O) groups excluding carboxylic acids is 2. The third kappa shape index (κ3) is 3.40. The van der Waals surface area contributed by atoms with Crippen LogP contribution in [-0.4, -0.2) is 46.6 Å². The van der Waals surface area contributed by atoms with E-state index >= 15 is 0 Å². The Bertz CT molecular complexity index is 1020. The zero-order valence-corrected chi connectivity index (χ0v) is 15.5. The highest BCUT2D eigenvalue weighted by Crippen LogP contribution is 2.32. The second-order valence-corrected chi connectivity index (χ2v) is 6.66. The van der Waals surface area contributed by atoms with Gasteiger partial charge in [0.15, 0.2) is 5.65 Å². The summed E-state index contributed by atoms with van der Waals surface area (Å²) in [6.07, 6.45) is 2.65. The summed E-state index contributed by atoms with van der Waals surface area (Å²) in [5.41, 5.74) is 1.47. The molecule has 1 unspecified atom stereocenters. The van der Waals surface area contributed by atoms with Crippen LogP contribution in [0, 0.1) is 5.92 Å². The smallest absolute Gasteiger partial charge is 0.227 e. The van der Waals surface area contributed by atoms with Crippen LogP contribution in [0.5, 0.6) is 5.75 Å². The van der Waals surface area contributed by atoms with E-state index in [0.717, 1.165) is 11.5 Å². The maximum absolute atomic E-state index is 12.6. The molecule has 0 radical (unpaired) electrons. The lowest BCUT2D eigenvalue weighted by Crippen LogP contribution is -2.34. The molecule has 1 N–H and O–H groups in total. The minimum Gasteiger partial charge on any atom is -0.495 e. The van der Waals surface area contributed by atoms with E-state index in [2.05, 4.69) is 15.5 Å². The Morgan fingerprint density at radius 2 is 2.04 bits per heavy atom. The standard InChI is InChI=1S/C20H21N5O3/c1-28-16-7-3-2-6-15(16)25-13-14(12-19(25)26)20(27)21-10-9-18-23-22-17-8-4-5-11-24(17)18/h2-8,11,14H,9-10,12-13H2,1H3,(H,21,27). The SMILES string of the molecule is COc1ccccc1N1CC(C(=O)NCCc2nnc3ccccn23)CC1=O. The number of nitrogens with one attached hydrogen (secondary N) is 1. The summed E-state index contributed by atoms with van der Waals surface area (Å²) in [4.78, 5) is 26.6. The summed E-state index contributed by atoms with van der Waals surface area (Å²) in [7, 11) is 1.57. The molecule has 3 heterocycles. The first-order valence-electron chi connectivity index (χ1n) is 9.17. The van der Waals surface area contributed by atoms with E-state index in [1.54, 1.807) is 18.1 Å². The quantitative estimate of drug-likeness (QED) is 0.700. The number of nitrogens with zero attached hydrogens (tertiary/aromatic N) is 4. The fourth-order valence-electron chi connectivity index (χ4n) is 3.47. The Labute approximate surface area is 162 Å². The second-order valence-electron chi connectivity index (χ2n) is 6.66. The van der Waals surface area contributed by atoms with E-state index in [1.807, 2.05) is 47.0 Å². The first kappa shape index (κ1) is 18.0. The van der Waals surface area contributed by atoms with Crippen LogP contribution in [0.2, 0.25) is 0 Å². The maximum Gasteiger partial charge on any atom is 0.227 e. The minimum absolute atomic E-state index is 0.0758. The van der Waals surface area contributed by atoms with Gasteiger partial charge < -0.3 is 15.0 Å². The van der Waals surface area contributed by atoms with Crippen molar-refractivity contribution in [2.24, 2.45) is 5.92 Å². The summed E-state index contributed by atoms with van der Waals surface area (Å²) in [6.45, 7) is 0.784. The van der Waals surface area contributed by atoms with Crippen molar-refractivity contribution in [2.75, 3.05) is 25.1 Å². The number of amides is 2. The van der Waals surface area contributed by atoms with Gasteiger partial charge in [-0.05, 0) is 24.3 Å². The lowest BCUT2D eigenvalue weighted by atomic mass is 10.1. The molecule has 144 valence electrons. The van der Waals surface area contributed by atoms with Gasteiger partial charge in [-0.2, -0.15) is 0 Å². The van der Waals surface area contributed by atoms with Gasteiger partial charge in [-0.3, -0.25) is 14.0 Å². The molecule has 0 spiro atoms. The average molecular weight is 379 g/mol. The van der Waals surface area contributed by atoms with Gasteiger partial charge in [0.1, 0.15) is 11.6 Å². The molecule has 3 aromatic rings. The highest BCUT2D eigenvalue weighted by molar-refractivity contribution is 6.01. The van der Waals surface area contributed by atoms with E-state index in [0.29, 0.717) is 30.9 Å². The summed E-state index contributed by atoms with van der Waals surface area (Å²) in [5.74, 6) is 0.824. The van der Waals surface area contributed by atoms with Crippen LogP contribution < -0.4 is 15.0 Å². The molecule has 28 heavy (non-hydrogen) atoms. The molecule has 0 bridgehead atoms. The molecular formula is C20H21N5O3. The van der Waals surface area contributed by atoms with Gasteiger partial charge in [-0.25, -0.2) is 0 Å². The van der Waals surface area contributed by atoms with Gasteiger partial charge in [0.25, 0.3) is 0 Å². The van der Waals surface area contributed by atoms with Gasteiger partial charge in [0, 0.05) is 32.1 Å². The Kier molecular flexibility index (Phi) is 4.92. The first-order valence-corrected chi connectivity index (χ1v) is 9.17. The third-order valence-corrected chi connectivity index (χ3v) is 4.90. The van der Waals surface area contributed by atoms with Crippen molar-refractivity contribution in [1.82, 2.24) is 19.9 Å². The number of hydrogen-bond acceptors (Lipinski definition) is 5. The van der Waals surface area contributed by atoms with E-state index in [-0.39, 0.29) is 24.2 Å². The van der Waals surface area contributed by atoms with Crippen LogP contribution >= 0.6 is 0 Å². The van der Waals surface area contributed by atoms with Crippen molar-refractivity contribution in [3.05, 3.63) is 54.5 Å². The van der Waals surface area contributed by atoms with Crippen LogP contribution in [-0.2, 0) is 16.0 Å². The number of pyridine rings is 1. The second kappa shape index (κ2) is 7.67. The number of ether oxygens (including phenoxy) is 1. The van der Waals surface area contributed by atoms with E-state index in [1.165, 1.54) is 0 Å². The molecule has 1 aliphatic rings. The number of para-hydroxylation sites is 2. The highest BCUT2D eigenvalue weighted by atomic mass is 16.5. The molecule has 8 nitrogen and oxygen atoms in total. The molecule has 0 saturated carbocycles. The Hall–Kier alpha value is -3.42. The first-order chi connectivity index (χ1) is 13.7. The van der Waals surface area contributed by atoms with Crippen LogP contribution in [0.4, 0.5) is 5.69 Å². The number of benzene rings is 1. The molecule has 2 amide bonds. The van der Waals surface area contributed by atoms with Crippen LogP contribution in [0.1, 0.15) is 12.2 Å². The fourth-order valence-corrected chi connectivity index (χ4v) is 3.47. The Balaban J connectivity index is 1.36. The number of aromatic nitrogens is 3. The zero-order chi connectivity index (χ0) is 19.5. The van der Waals surface area contributed by atoms with Crippen molar-refractivity contribution >= 4 is 23.1 Å². The molecule has 1 aromatic carbocycles. The molecule has 1 saturated heterocycles. The van der Waals surface area contributed by atoms with Gasteiger partial charge >= 0.3 is 0 Å². The lowest BCUT2D eigenvalue weighted by molar-refractivity contribution is -0.126. The number of hydrogen-bond donors (Lipinski definition) is 1.